The second-order valence-electron chi connectivity index (χ2n) is 7.93. The Morgan fingerprint density at radius 1 is 0.853 bits per heavy atom. The molecular formula is C28H22O4S2. The van der Waals surface area contributed by atoms with E-state index in [1.165, 1.54) is 0 Å². The number of hydrogen-bond acceptors (Lipinski definition) is 6. The van der Waals surface area contributed by atoms with Gasteiger partial charge in [0.15, 0.2) is 0 Å². The Bertz CT molecular complexity index is 1340. The Hall–Kier alpha value is -3.35. The normalized spacial score (nSPS) is 13.5. The van der Waals surface area contributed by atoms with Crippen LogP contribution in [0, 0.1) is 0 Å². The third kappa shape index (κ3) is 4.79. The molecule has 4 nitrogen and oxygen atoms in total. The first-order valence-electron chi connectivity index (χ1n) is 10.6. The maximum absolute atomic E-state index is 13.0. The molecule has 3 aromatic rings. The summed E-state index contributed by atoms with van der Waals surface area (Å²) in [5.41, 5.74) is 5.80. The van der Waals surface area contributed by atoms with Gasteiger partial charge in [-0.3, -0.25) is 9.59 Å². The highest BCUT2D eigenvalue weighted by atomic mass is 32.2. The molecule has 0 aromatic heterocycles. The van der Waals surface area contributed by atoms with Gasteiger partial charge in [-0.05, 0) is 107 Å². The lowest BCUT2D eigenvalue weighted by Gasteiger charge is -2.09. The van der Waals surface area contributed by atoms with E-state index in [1.54, 1.807) is 13.0 Å². The highest BCUT2D eigenvalue weighted by Crippen LogP contribution is 2.45. The van der Waals surface area contributed by atoms with Gasteiger partial charge in [0.05, 0.1) is 11.8 Å². The number of carbonyl (C=O) groups is 3. The second kappa shape index (κ2) is 9.87. The van der Waals surface area contributed by atoms with Gasteiger partial charge in [-0.25, -0.2) is 4.79 Å². The predicted molar refractivity (Wildman–Crippen MR) is 137 cm³/mol. The number of ether oxygens (including phenoxy) is 1. The van der Waals surface area contributed by atoms with Crippen molar-refractivity contribution in [3.05, 3.63) is 108 Å². The van der Waals surface area contributed by atoms with Crippen molar-refractivity contribution in [2.45, 2.75) is 29.6 Å². The molecule has 0 spiro atoms. The molecule has 0 bridgehead atoms. The van der Waals surface area contributed by atoms with Gasteiger partial charge in [0.2, 0.25) is 10.2 Å². The molecule has 34 heavy (non-hydrogen) atoms. The summed E-state index contributed by atoms with van der Waals surface area (Å²) >= 11 is 2.27. The van der Waals surface area contributed by atoms with E-state index in [2.05, 4.69) is 20.1 Å². The molecule has 6 heteroatoms. The Morgan fingerprint density at radius 2 is 1.38 bits per heavy atom. The zero-order valence-corrected chi connectivity index (χ0v) is 20.4. The van der Waals surface area contributed by atoms with Gasteiger partial charge in [-0.15, -0.1) is 0 Å². The molecule has 0 radical (unpaired) electrons. The molecule has 0 saturated carbocycles. The number of fused-ring (bicyclic) bond motifs is 3. The van der Waals surface area contributed by atoms with Crippen molar-refractivity contribution in [2.75, 3.05) is 0 Å². The van der Waals surface area contributed by atoms with E-state index in [9.17, 15) is 14.4 Å². The SMILES string of the molecule is C=COC(=O)c1ccc2c(c1)C(C)c1cc(C(=O)Sc3ccc(SC(=O)C(=C)C)cc3)ccc1-2. The molecule has 0 saturated heterocycles. The smallest absolute Gasteiger partial charge is 0.342 e. The number of hydrogen-bond donors (Lipinski definition) is 0. The first-order chi connectivity index (χ1) is 16.3. The average Bonchev–Trinajstić information content (AvgIpc) is 3.11. The van der Waals surface area contributed by atoms with Crippen molar-refractivity contribution in [1.29, 1.82) is 0 Å². The summed E-state index contributed by atoms with van der Waals surface area (Å²) in [7, 11) is 0. The van der Waals surface area contributed by atoms with E-state index >= 15 is 0 Å². The molecule has 0 fully saturated rings. The minimum atomic E-state index is -0.443. The van der Waals surface area contributed by atoms with Gasteiger partial charge in [0, 0.05) is 21.3 Å². The first kappa shape index (κ1) is 23.8. The summed E-state index contributed by atoms with van der Waals surface area (Å²) in [6, 6.07) is 18.6. The summed E-state index contributed by atoms with van der Waals surface area (Å²) in [5.74, 6) is -0.400. The lowest BCUT2D eigenvalue weighted by atomic mass is 9.97. The van der Waals surface area contributed by atoms with Crippen LogP contribution in [-0.4, -0.2) is 16.2 Å². The zero-order valence-electron chi connectivity index (χ0n) is 18.8. The number of rotatable bonds is 6. The highest BCUT2D eigenvalue weighted by molar-refractivity contribution is 8.14. The van der Waals surface area contributed by atoms with Crippen molar-refractivity contribution in [2.24, 2.45) is 0 Å². The molecule has 0 N–H and O–H groups in total. The largest absolute Gasteiger partial charge is 0.432 e. The topological polar surface area (TPSA) is 60.4 Å². The van der Waals surface area contributed by atoms with E-state index in [4.69, 9.17) is 4.74 Å². The van der Waals surface area contributed by atoms with Crippen molar-refractivity contribution >= 4 is 39.7 Å². The fourth-order valence-electron chi connectivity index (χ4n) is 3.83. The van der Waals surface area contributed by atoms with Crippen LogP contribution in [0.4, 0.5) is 0 Å². The van der Waals surface area contributed by atoms with E-state index in [-0.39, 0.29) is 16.1 Å². The lowest BCUT2D eigenvalue weighted by molar-refractivity contribution is -0.107. The molecule has 4 rings (SSSR count). The predicted octanol–water partition coefficient (Wildman–Crippen LogP) is 7.25. The summed E-state index contributed by atoms with van der Waals surface area (Å²) < 4.78 is 4.90. The monoisotopic (exact) mass is 486 g/mol. The molecule has 1 aliphatic carbocycles. The highest BCUT2D eigenvalue weighted by Gasteiger charge is 2.27. The first-order valence-corrected chi connectivity index (χ1v) is 12.2. The molecule has 1 aliphatic rings. The van der Waals surface area contributed by atoms with Gasteiger partial charge < -0.3 is 4.74 Å². The van der Waals surface area contributed by atoms with E-state index in [0.717, 1.165) is 61.8 Å². The molecule has 1 atom stereocenters. The van der Waals surface area contributed by atoms with Crippen molar-refractivity contribution in [1.82, 2.24) is 0 Å². The Kier molecular flexibility index (Phi) is 6.91. The summed E-state index contributed by atoms with van der Waals surface area (Å²) in [4.78, 5) is 38.5. The van der Waals surface area contributed by atoms with E-state index < -0.39 is 5.97 Å². The summed E-state index contributed by atoms with van der Waals surface area (Å²) in [6.07, 6.45) is 1.12. The van der Waals surface area contributed by atoms with Gasteiger partial charge >= 0.3 is 5.97 Å². The number of thioether (sulfide) groups is 2. The fourth-order valence-corrected chi connectivity index (χ4v) is 5.23. The van der Waals surface area contributed by atoms with Crippen LogP contribution < -0.4 is 0 Å². The Labute approximate surface area is 207 Å². The van der Waals surface area contributed by atoms with Crippen LogP contribution in [0.15, 0.2) is 95.4 Å². The fraction of sp³-hybridized carbons (Fsp3) is 0.107. The molecular weight excluding hydrogens is 464 g/mol. The molecule has 170 valence electrons. The summed E-state index contributed by atoms with van der Waals surface area (Å²) in [6.45, 7) is 10.8. The molecule has 0 aliphatic heterocycles. The van der Waals surface area contributed by atoms with Crippen LogP contribution >= 0.6 is 23.5 Å². The van der Waals surface area contributed by atoms with Crippen LogP contribution in [0.25, 0.3) is 11.1 Å². The number of benzene rings is 3. The van der Waals surface area contributed by atoms with Crippen molar-refractivity contribution in [3.63, 3.8) is 0 Å². The van der Waals surface area contributed by atoms with Crippen LogP contribution in [0.5, 0.6) is 0 Å². The molecule has 0 amide bonds. The van der Waals surface area contributed by atoms with E-state index in [1.807, 2.05) is 54.6 Å². The van der Waals surface area contributed by atoms with E-state index in [0.29, 0.717) is 16.7 Å². The third-order valence-corrected chi connectivity index (χ3v) is 7.55. The zero-order chi connectivity index (χ0) is 24.4. The maximum atomic E-state index is 13.0. The van der Waals surface area contributed by atoms with Crippen molar-refractivity contribution in [3.8, 4) is 11.1 Å². The van der Waals surface area contributed by atoms with Gasteiger partial charge in [-0.1, -0.05) is 32.2 Å². The van der Waals surface area contributed by atoms with Crippen molar-refractivity contribution < 1.29 is 19.1 Å². The molecule has 1 unspecified atom stereocenters. The average molecular weight is 487 g/mol. The van der Waals surface area contributed by atoms with Crippen LogP contribution in [-0.2, 0) is 9.53 Å². The quantitative estimate of drug-likeness (QED) is 0.158. The molecule has 3 aromatic carbocycles. The standard InChI is InChI=1S/C28H22O4S2/c1-5-32-26(29)18-6-12-22-23-13-7-19(15-25(23)17(4)24(22)14-18)28(31)34-21-10-8-20(9-11-21)33-27(30)16(2)3/h5-15,17H,1-2H2,3-4H3. The van der Waals surface area contributed by atoms with Gasteiger partial charge in [0.1, 0.15) is 0 Å². The van der Waals surface area contributed by atoms with Crippen LogP contribution in [0.1, 0.15) is 51.6 Å². The summed E-state index contributed by atoms with van der Waals surface area (Å²) in [5, 5.41) is -0.130. The number of carbonyl (C=O) groups excluding carboxylic acids is 3. The van der Waals surface area contributed by atoms with Crippen LogP contribution in [0.3, 0.4) is 0 Å². The second-order valence-corrected chi connectivity index (χ2v) is 10.0. The minimum Gasteiger partial charge on any atom is -0.432 e. The minimum absolute atomic E-state index is 0.0430. The van der Waals surface area contributed by atoms with Crippen LogP contribution in [0.2, 0.25) is 0 Å². The Balaban J connectivity index is 1.51. The number of esters is 1. The maximum Gasteiger partial charge on any atom is 0.342 e. The molecule has 0 heterocycles. The Morgan fingerprint density at radius 3 is 1.94 bits per heavy atom. The lowest BCUT2D eigenvalue weighted by Crippen LogP contribution is -2.01. The third-order valence-electron chi connectivity index (χ3n) is 5.58. The van der Waals surface area contributed by atoms with Gasteiger partial charge in [0.25, 0.3) is 0 Å². The van der Waals surface area contributed by atoms with Gasteiger partial charge in [-0.2, -0.15) is 0 Å².